The van der Waals surface area contributed by atoms with Gasteiger partial charge in [0.15, 0.2) is 0 Å². The fraction of sp³-hybridized carbons (Fsp3) is 0.750. The molecule has 8 heteroatoms. The second-order valence-corrected chi connectivity index (χ2v) is 6.05. The Kier molecular flexibility index (Phi) is 5.53. The van der Waals surface area contributed by atoms with Crippen molar-refractivity contribution in [3.63, 3.8) is 0 Å². The van der Waals surface area contributed by atoms with Gasteiger partial charge in [-0.15, -0.1) is 0 Å². The van der Waals surface area contributed by atoms with Crippen molar-refractivity contribution in [2.24, 2.45) is 0 Å². The summed E-state index contributed by atoms with van der Waals surface area (Å²) >= 11 is 0. The summed E-state index contributed by atoms with van der Waals surface area (Å²) < 4.78 is 9.97. The van der Waals surface area contributed by atoms with Crippen molar-refractivity contribution in [1.29, 1.82) is 0 Å². The fourth-order valence-electron chi connectivity index (χ4n) is 1.13. The van der Waals surface area contributed by atoms with Gasteiger partial charge in [-0.3, -0.25) is 0 Å². The summed E-state index contributed by atoms with van der Waals surface area (Å²) in [7, 11) is 0. The molecule has 0 aliphatic carbocycles. The van der Waals surface area contributed by atoms with Gasteiger partial charge >= 0.3 is 18.2 Å². The molecule has 0 spiro atoms. The summed E-state index contributed by atoms with van der Waals surface area (Å²) in [5.41, 5.74) is -1.92. The van der Waals surface area contributed by atoms with Crippen molar-refractivity contribution >= 4 is 18.2 Å². The molecule has 0 aliphatic heterocycles. The number of hydrogen-bond donors (Lipinski definition) is 2. The third-order valence-corrected chi connectivity index (χ3v) is 1.71. The standard InChI is InChI=1S/C12H21NO7/c1-11(2,3)19-7(8(14)15)13(9(16)17)10(18)20-12(4,5)6/h7H,1-6H3,(H,14,15)(H,16,17). The van der Waals surface area contributed by atoms with Crippen molar-refractivity contribution in [2.75, 3.05) is 0 Å². The van der Waals surface area contributed by atoms with Gasteiger partial charge in [0.2, 0.25) is 6.23 Å². The van der Waals surface area contributed by atoms with Crippen molar-refractivity contribution in [1.82, 2.24) is 4.90 Å². The quantitative estimate of drug-likeness (QED) is 0.765. The van der Waals surface area contributed by atoms with E-state index in [1.807, 2.05) is 0 Å². The Bertz CT molecular complexity index is 392. The Morgan fingerprint density at radius 3 is 1.65 bits per heavy atom. The summed E-state index contributed by atoms with van der Waals surface area (Å²) in [6.45, 7) is 9.22. The van der Waals surface area contributed by atoms with Crippen LogP contribution in [0.2, 0.25) is 0 Å². The van der Waals surface area contributed by atoms with E-state index in [-0.39, 0.29) is 4.90 Å². The van der Waals surface area contributed by atoms with E-state index in [0.717, 1.165) is 0 Å². The molecule has 20 heavy (non-hydrogen) atoms. The van der Waals surface area contributed by atoms with Gasteiger partial charge in [-0.1, -0.05) is 0 Å². The third-order valence-electron chi connectivity index (χ3n) is 1.71. The van der Waals surface area contributed by atoms with Gasteiger partial charge in [0.05, 0.1) is 5.60 Å². The number of hydrogen-bond acceptors (Lipinski definition) is 5. The molecular formula is C12H21NO7. The van der Waals surface area contributed by atoms with Crippen LogP contribution in [0.3, 0.4) is 0 Å². The van der Waals surface area contributed by atoms with E-state index in [4.69, 9.17) is 19.7 Å². The highest BCUT2D eigenvalue weighted by molar-refractivity contribution is 5.92. The normalized spacial score (nSPS) is 13.5. The van der Waals surface area contributed by atoms with E-state index < -0.39 is 35.6 Å². The molecule has 0 aliphatic rings. The molecule has 0 aromatic carbocycles. The molecule has 0 saturated carbocycles. The number of imide groups is 1. The topological polar surface area (TPSA) is 113 Å². The second kappa shape index (κ2) is 6.08. The molecular weight excluding hydrogens is 270 g/mol. The van der Waals surface area contributed by atoms with Crippen LogP contribution >= 0.6 is 0 Å². The molecule has 1 unspecified atom stereocenters. The minimum atomic E-state index is -1.98. The lowest BCUT2D eigenvalue weighted by Crippen LogP contribution is -2.53. The van der Waals surface area contributed by atoms with Crippen LogP contribution in [-0.2, 0) is 14.3 Å². The zero-order chi connectivity index (χ0) is 16.3. The maximum Gasteiger partial charge on any atom is 0.422 e. The number of amides is 2. The van der Waals surface area contributed by atoms with Crippen molar-refractivity contribution in [3.8, 4) is 0 Å². The summed E-state index contributed by atoms with van der Waals surface area (Å²) in [6.07, 6.45) is -5.06. The summed E-state index contributed by atoms with van der Waals surface area (Å²) in [5.74, 6) is -1.60. The second-order valence-electron chi connectivity index (χ2n) is 6.05. The van der Waals surface area contributed by atoms with E-state index >= 15 is 0 Å². The van der Waals surface area contributed by atoms with Crippen LogP contribution in [0.1, 0.15) is 41.5 Å². The lowest BCUT2D eigenvalue weighted by molar-refractivity contribution is -0.176. The number of carbonyl (C=O) groups is 3. The summed E-state index contributed by atoms with van der Waals surface area (Å²) in [4.78, 5) is 34.1. The molecule has 0 aromatic rings. The monoisotopic (exact) mass is 291 g/mol. The third kappa shape index (κ3) is 6.37. The predicted octanol–water partition coefficient (Wildman–Crippen LogP) is 2.13. The SMILES string of the molecule is CC(C)(C)OC(=O)N(C(=O)O)C(OC(C)(C)C)C(=O)O. The molecule has 8 nitrogen and oxygen atoms in total. The maximum atomic E-state index is 11.8. The van der Waals surface area contributed by atoms with Gasteiger partial charge < -0.3 is 19.7 Å². The van der Waals surface area contributed by atoms with Gasteiger partial charge in [-0.05, 0) is 41.5 Å². The zero-order valence-corrected chi connectivity index (χ0v) is 12.5. The number of carboxylic acids is 1. The van der Waals surface area contributed by atoms with E-state index in [2.05, 4.69) is 0 Å². The molecule has 2 N–H and O–H groups in total. The number of rotatable bonds is 3. The maximum absolute atomic E-state index is 11.8. The van der Waals surface area contributed by atoms with Crippen LogP contribution < -0.4 is 0 Å². The predicted molar refractivity (Wildman–Crippen MR) is 68.4 cm³/mol. The zero-order valence-electron chi connectivity index (χ0n) is 12.5. The molecule has 116 valence electrons. The van der Waals surface area contributed by atoms with Gasteiger partial charge in [-0.25, -0.2) is 14.4 Å². The van der Waals surface area contributed by atoms with Gasteiger partial charge in [0.1, 0.15) is 5.60 Å². The van der Waals surface area contributed by atoms with Crippen LogP contribution in [0.25, 0.3) is 0 Å². The van der Waals surface area contributed by atoms with Crippen LogP contribution in [0, 0.1) is 0 Å². The lowest BCUT2D eigenvalue weighted by atomic mass is 10.2. The van der Waals surface area contributed by atoms with Crippen LogP contribution in [0.15, 0.2) is 0 Å². The fourth-order valence-corrected chi connectivity index (χ4v) is 1.13. The number of aliphatic carboxylic acids is 1. The first kappa shape index (κ1) is 18.2. The van der Waals surface area contributed by atoms with Crippen LogP contribution in [0.5, 0.6) is 0 Å². The number of ether oxygens (including phenoxy) is 2. The van der Waals surface area contributed by atoms with E-state index in [1.165, 1.54) is 41.5 Å². The van der Waals surface area contributed by atoms with Crippen LogP contribution in [-0.4, -0.2) is 50.7 Å². The first-order valence-electron chi connectivity index (χ1n) is 5.90. The Hall–Kier alpha value is -1.83. The molecule has 0 rings (SSSR count). The highest BCUT2D eigenvalue weighted by Crippen LogP contribution is 2.18. The minimum absolute atomic E-state index is 0.0127. The molecule has 0 radical (unpaired) electrons. The Labute approximate surface area is 117 Å². The Morgan fingerprint density at radius 2 is 1.40 bits per heavy atom. The molecule has 0 heterocycles. The van der Waals surface area contributed by atoms with Crippen molar-refractivity contribution < 1.29 is 34.1 Å². The highest BCUT2D eigenvalue weighted by atomic mass is 16.6. The van der Waals surface area contributed by atoms with Crippen LogP contribution in [0.4, 0.5) is 9.59 Å². The Balaban J connectivity index is 5.36. The van der Waals surface area contributed by atoms with E-state index in [0.29, 0.717) is 0 Å². The first-order valence-corrected chi connectivity index (χ1v) is 5.90. The smallest absolute Gasteiger partial charge is 0.422 e. The Morgan fingerprint density at radius 1 is 0.950 bits per heavy atom. The average Bonchev–Trinajstić information content (AvgIpc) is 2.10. The number of nitrogens with zero attached hydrogens (tertiary/aromatic N) is 1. The number of carbonyl (C=O) groups excluding carboxylic acids is 1. The largest absolute Gasteiger partial charge is 0.478 e. The van der Waals surface area contributed by atoms with Gasteiger partial charge in [0.25, 0.3) is 0 Å². The minimum Gasteiger partial charge on any atom is -0.478 e. The molecule has 0 aromatic heterocycles. The number of carboxylic acid groups (broad SMARTS) is 2. The molecule has 2 amide bonds. The average molecular weight is 291 g/mol. The molecule has 0 bridgehead atoms. The van der Waals surface area contributed by atoms with Crippen molar-refractivity contribution in [2.45, 2.75) is 59.0 Å². The van der Waals surface area contributed by atoms with Gasteiger partial charge in [-0.2, -0.15) is 4.90 Å². The first-order chi connectivity index (χ1) is 8.74. The molecule has 1 atom stereocenters. The lowest BCUT2D eigenvalue weighted by Gasteiger charge is -2.31. The summed E-state index contributed by atoms with van der Waals surface area (Å²) in [6, 6.07) is 0. The highest BCUT2D eigenvalue weighted by Gasteiger charge is 2.40. The van der Waals surface area contributed by atoms with E-state index in [9.17, 15) is 14.4 Å². The van der Waals surface area contributed by atoms with Crippen molar-refractivity contribution in [3.05, 3.63) is 0 Å². The van der Waals surface area contributed by atoms with E-state index in [1.54, 1.807) is 0 Å². The van der Waals surface area contributed by atoms with Gasteiger partial charge in [0, 0.05) is 0 Å². The molecule has 0 fully saturated rings. The summed E-state index contributed by atoms with van der Waals surface area (Å²) in [5, 5.41) is 18.1. The molecule has 0 saturated heterocycles.